The number of hydrogen-bond acceptors (Lipinski definition) is 7. The van der Waals surface area contributed by atoms with Crippen LogP contribution < -0.4 is 15.6 Å². The van der Waals surface area contributed by atoms with E-state index in [1.165, 1.54) is 28.2 Å². The number of thiazole rings is 1. The van der Waals surface area contributed by atoms with Crippen molar-refractivity contribution in [3.8, 4) is 17.0 Å². The largest absolute Gasteiger partial charge is 0.492 e. The number of carbonyl (C=O) groups is 1. The topological polar surface area (TPSA) is 99.0 Å². The smallest absolute Gasteiger partial charge is 0.277 e. The first kappa shape index (κ1) is 19.5. The maximum atomic E-state index is 12.6. The molecule has 0 atom stereocenters. The van der Waals surface area contributed by atoms with Crippen LogP contribution in [-0.2, 0) is 6.54 Å². The van der Waals surface area contributed by atoms with Gasteiger partial charge in [-0.2, -0.15) is 5.10 Å². The number of amides is 1. The average Bonchev–Trinajstić information content (AvgIpc) is 3.25. The predicted molar refractivity (Wildman–Crippen MR) is 114 cm³/mol. The number of nitrogens with zero attached hydrogens (tertiary/aromatic N) is 4. The van der Waals surface area contributed by atoms with Gasteiger partial charge in [0.25, 0.3) is 11.5 Å². The molecule has 0 saturated carbocycles. The molecule has 0 fully saturated rings. The third-order valence-electron chi connectivity index (χ3n) is 4.10. The fourth-order valence-electron chi connectivity index (χ4n) is 2.64. The molecule has 4 aromatic rings. The van der Waals surface area contributed by atoms with Crippen LogP contribution in [0.25, 0.3) is 11.3 Å². The summed E-state index contributed by atoms with van der Waals surface area (Å²) in [6.07, 6.45) is 3.39. The number of rotatable bonds is 7. The lowest BCUT2D eigenvalue weighted by atomic mass is 10.2. The Hall–Kier alpha value is -3.85. The van der Waals surface area contributed by atoms with Gasteiger partial charge >= 0.3 is 0 Å². The molecule has 9 heteroatoms. The van der Waals surface area contributed by atoms with Crippen LogP contribution in [0.2, 0.25) is 0 Å². The highest BCUT2D eigenvalue weighted by molar-refractivity contribution is 7.14. The summed E-state index contributed by atoms with van der Waals surface area (Å²) < 4.78 is 6.80. The zero-order valence-electron chi connectivity index (χ0n) is 15.8. The van der Waals surface area contributed by atoms with E-state index in [9.17, 15) is 9.59 Å². The fourth-order valence-corrected chi connectivity index (χ4v) is 3.35. The monoisotopic (exact) mass is 419 g/mol. The summed E-state index contributed by atoms with van der Waals surface area (Å²) in [6.45, 7) is 0.472. The van der Waals surface area contributed by atoms with Crippen molar-refractivity contribution in [3.63, 3.8) is 0 Å². The number of carbonyl (C=O) groups excluding carboxylic acids is 1. The lowest BCUT2D eigenvalue weighted by Gasteiger charge is -2.08. The van der Waals surface area contributed by atoms with E-state index in [4.69, 9.17) is 4.74 Å². The normalized spacial score (nSPS) is 10.5. The molecule has 0 aliphatic rings. The van der Waals surface area contributed by atoms with Gasteiger partial charge < -0.3 is 4.74 Å². The number of pyridine rings is 1. The van der Waals surface area contributed by atoms with Gasteiger partial charge in [-0.25, -0.2) is 9.67 Å². The quantitative estimate of drug-likeness (QED) is 0.494. The van der Waals surface area contributed by atoms with Crippen LogP contribution in [0.3, 0.4) is 0 Å². The molecule has 0 bridgehead atoms. The summed E-state index contributed by atoms with van der Waals surface area (Å²) in [5.74, 6) is 0.257. The van der Waals surface area contributed by atoms with E-state index in [2.05, 4.69) is 20.4 Å². The van der Waals surface area contributed by atoms with Gasteiger partial charge in [0, 0.05) is 29.4 Å². The molecule has 0 spiro atoms. The van der Waals surface area contributed by atoms with Gasteiger partial charge in [-0.15, -0.1) is 11.3 Å². The molecule has 8 nitrogen and oxygen atoms in total. The average molecular weight is 419 g/mol. The molecule has 0 aliphatic heterocycles. The number of para-hydroxylation sites is 1. The molecule has 3 heterocycles. The van der Waals surface area contributed by atoms with Crippen LogP contribution in [0, 0.1) is 0 Å². The molecule has 30 heavy (non-hydrogen) atoms. The molecule has 0 unspecified atom stereocenters. The van der Waals surface area contributed by atoms with E-state index < -0.39 is 5.91 Å². The van der Waals surface area contributed by atoms with E-state index >= 15 is 0 Å². The Morgan fingerprint density at radius 3 is 2.77 bits per heavy atom. The molecule has 4 rings (SSSR count). The van der Waals surface area contributed by atoms with Gasteiger partial charge in [0.05, 0.1) is 12.2 Å². The number of nitrogens with one attached hydrogen (secondary N) is 1. The first-order valence-electron chi connectivity index (χ1n) is 9.12. The van der Waals surface area contributed by atoms with E-state index in [0.29, 0.717) is 10.9 Å². The summed E-state index contributed by atoms with van der Waals surface area (Å²) in [5.41, 5.74) is 1.39. The van der Waals surface area contributed by atoms with E-state index in [0.717, 1.165) is 11.3 Å². The summed E-state index contributed by atoms with van der Waals surface area (Å²) in [6, 6.07) is 15.7. The second-order valence-electron chi connectivity index (χ2n) is 6.18. The molecule has 1 aromatic carbocycles. The van der Waals surface area contributed by atoms with E-state index in [1.807, 2.05) is 47.8 Å². The SMILES string of the molecule is O=C(Nc1nc(-c2cccnc2)cs1)c1ccc(=O)n(CCOc2ccccc2)n1. The van der Waals surface area contributed by atoms with Crippen molar-refractivity contribution in [2.45, 2.75) is 6.54 Å². The van der Waals surface area contributed by atoms with Crippen molar-refractivity contribution in [3.05, 3.63) is 88.4 Å². The zero-order chi connectivity index (χ0) is 20.8. The van der Waals surface area contributed by atoms with E-state index in [1.54, 1.807) is 12.4 Å². The lowest BCUT2D eigenvalue weighted by Crippen LogP contribution is -2.28. The van der Waals surface area contributed by atoms with Crippen LogP contribution in [0.4, 0.5) is 5.13 Å². The van der Waals surface area contributed by atoms with Crippen molar-refractivity contribution in [2.24, 2.45) is 0 Å². The molecule has 0 radical (unpaired) electrons. The molecular formula is C21H17N5O3S. The number of anilines is 1. The number of aromatic nitrogens is 4. The van der Waals surface area contributed by atoms with Crippen LogP contribution in [0.1, 0.15) is 10.5 Å². The van der Waals surface area contributed by atoms with Crippen molar-refractivity contribution >= 4 is 22.4 Å². The second-order valence-corrected chi connectivity index (χ2v) is 7.03. The van der Waals surface area contributed by atoms with Gasteiger partial charge in [0.1, 0.15) is 18.1 Å². The predicted octanol–water partition coefficient (Wildman–Crippen LogP) is 3.09. The molecule has 150 valence electrons. The number of hydrogen-bond donors (Lipinski definition) is 1. The van der Waals surface area contributed by atoms with Crippen molar-refractivity contribution < 1.29 is 9.53 Å². The fraction of sp³-hybridized carbons (Fsp3) is 0.0952. The highest BCUT2D eigenvalue weighted by atomic mass is 32.1. The van der Waals surface area contributed by atoms with E-state index in [-0.39, 0.29) is 24.4 Å². The Balaban J connectivity index is 1.41. The molecular weight excluding hydrogens is 402 g/mol. The lowest BCUT2D eigenvalue weighted by molar-refractivity contribution is 0.101. The molecule has 0 saturated heterocycles. The minimum Gasteiger partial charge on any atom is -0.492 e. The minimum atomic E-state index is -0.445. The third-order valence-corrected chi connectivity index (χ3v) is 4.85. The number of benzene rings is 1. The van der Waals surface area contributed by atoms with Crippen LogP contribution in [0.15, 0.2) is 77.2 Å². The first-order chi connectivity index (χ1) is 14.7. The minimum absolute atomic E-state index is 0.118. The van der Waals surface area contributed by atoms with Crippen molar-refractivity contribution in [2.75, 3.05) is 11.9 Å². The molecule has 3 aromatic heterocycles. The third kappa shape index (κ3) is 4.76. The van der Waals surface area contributed by atoms with Crippen molar-refractivity contribution in [1.29, 1.82) is 0 Å². The molecule has 1 amide bonds. The Kier molecular flexibility index (Phi) is 5.90. The maximum Gasteiger partial charge on any atom is 0.277 e. The Bertz CT molecular complexity index is 1190. The van der Waals surface area contributed by atoms with Gasteiger partial charge in [0.2, 0.25) is 0 Å². The molecule has 1 N–H and O–H groups in total. The Labute approximate surface area is 175 Å². The summed E-state index contributed by atoms with van der Waals surface area (Å²) >= 11 is 1.30. The van der Waals surface area contributed by atoms with Gasteiger partial charge in [0.15, 0.2) is 5.13 Å². The number of ether oxygens (including phenoxy) is 1. The van der Waals surface area contributed by atoms with Crippen molar-refractivity contribution in [1.82, 2.24) is 19.7 Å². The highest BCUT2D eigenvalue weighted by Crippen LogP contribution is 2.24. The van der Waals surface area contributed by atoms with Gasteiger partial charge in [-0.3, -0.25) is 19.9 Å². The summed E-state index contributed by atoms with van der Waals surface area (Å²) in [5, 5.41) is 9.13. The standard InChI is InChI=1S/C21H17N5O3S/c27-19-9-8-17(25-26(19)11-12-29-16-6-2-1-3-7-16)20(28)24-21-23-18(14-30-21)15-5-4-10-22-13-15/h1-10,13-14H,11-12H2,(H,23,24,28). The Morgan fingerprint density at radius 1 is 1.10 bits per heavy atom. The maximum absolute atomic E-state index is 12.6. The van der Waals surface area contributed by atoms with Gasteiger partial charge in [-0.05, 0) is 30.3 Å². The highest BCUT2D eigenvalue weighted by Gasteiger charge is 2.13. The van der Waals surface area contributed by atoms with Gasteiger partial charge in [-0.1, -0.05) is 18.2 Å². The second kappa shape index (κ2) is 9.10. The van der Waals surface area contributed by atoms with Crippen LogP contribution in [-0.4, -0.2) is 32.3 Å². The summed E-state index contributed by atoms with van der Waals surface area (Å²) in [4.78, 5) is 33.1. The Morgan fingerprint density at radius 2 is 1.97 bits per heavy atom. The van der Waals surface area contributed by atoms with Crippen LogP contribution in [0.5, 0.6) is 5.75 Å². The first-order valence-corrected chi connectivity index (χ1v) is 10.0. The molecule has 0 aliphatic carbocycles. The summed E-state index contributed by atoms with van der Waals surface area (Å²) in [7, 11) is 0. The zero-order valence-corrected chi connectivity index (χ0v) is 16.6. The van der Waals surface area contributed by atoms with Crippen LogP contribution >= 0.6 is 11.3 Å².